The van der Waals surface area contributed by atoms with Crippen LogP contribution < -0.4 is 13.8 Å². The molecule has 142 valence electrons. The molecular formula is C17H22N2O5S2. The Bertz CT molecular complexity index is 951. The van der Waals surface area contributed by atoms with Gasteiger partial charge in [0.05, 0.1) is 22.9 Å². The van der Waals surface area contributed by atoms with Gasteiger partial charge in [0.25, 0.3) is 10.0 Å². The Hall–Kier alpha value is -2.26. The topological polar surface area (TPSA) is 92.8 Å². The van der Waals surface area contributed by atoms with Gasteiger partial charge in [-0.3, -0.25) is 9.03 Å². The Labute approximate surface area is 154 Å². The van der Waals surface area contributed by atoms with E-state index >= 15 is 0 Å². The SMILES string of the molecule is CC(C)Oc1ccc(S(=O)(=O)N(C)c2ccc(NS(C)(=O)=O)cc2)cc1. The third kappa shape index (κ3) is 5.12. The summed E-state index contributed by atoms with van der Waals surface area (Å²) in [5.41, 5.74) is 0.767. The number of benzene rings is 2. The van der Waals surface area contributed by atoms with Gasteiger partial charge in [-0.15, -0.1) is 0 Å². The first-order chi connectivity index (χ1) is 12.0. The fourth-order valence-electron chi connectivity index (χ4n) is 2.21. The first-order valence-corrected chi connectivity index (χ1v) is 11.2. The molecule has 1 N–H and O–H groups in total. The van der Waals surface area contributed by atoms with Crippen molar-refractivity contribution in [3.05, 3.63) is 48.5 Å². The highest BCUT2D eigenvalue weighted by atomic mass is 32.2. The van der Waals surface area contributed by atoms with E-state index in [1.54, 1.807) is 12.1 Å². The van der Waals surface area contributed by atoms with E-state index in [1.165, 1.54) is 43.4 Å². The fourth-order valence-corrected chi connectivity index (χ4v) is 3.97. The van der Waals surface area contributed by atoms with Gasteiger partial charge in [0, 0.05) is 12.7 Å². The Morgan fingerprint density at radius 1 is 0.923 bits per heavy atom. The molecule has 0 unspecified atom stereocenters. The number of nitrogens with one attached hydrogen (secondary N) is 1. The van der Waals surface area contributed by atoms with Gasteiger partial charge < -0.3 is 4.74 Å². The third-order valence-electron chi connectivity index (χ3n) is 3.39. The summed E-state index contributed by atoms with van der Waals surface area (Å²) in [6, 6.07) is 12.3. The number of rotatable bonds is 7. The zero-order valence-electron chi connectivity index (χ0n) is 15.0. The van der Waals surface area contributed by atoms with Gasteiger partial charge >= 0.3 is 0 Å². The molecule has 0 saturated heterocycles. The van der Waals surface area contributed by atoms with E-state index in [0.29, 0.717) is 17.1 Å². The molecular weight excluding hydrogens is 376 g/mol. The highest BCUT2D eigenvalue weighted by Gasteiger charge is 2.21. The number of sulfonamides is 2. The molecule has 0 atom stereocenters. The summed E-state index contributed by atoms with van der Waals surface area (Å²) in [5.74, 6) is 0.595. The minimum absolute atomic E-state index is 0.000750. The molecule has 0 fully saturated rings. The summed E-state index contributed by atoms with van der Waals surface area (Å²) in [5, 5.41) is 0. The quantitative estimate of drug-likeness (QED) is 0.774. The van der Waals surface area contributed by atoms with Gasteiger partial charge in [-0.1, -0.05) is 0 Å². The standard InChI is InChI=1S/C17H22N2O5S2/c1-13(2)24-16-9-11-17(12-10-16)26(22,23)19(3)15-7-5-14(6-8-15)18-25(4,20)21/h5-13,18H,1-4H3. The minimum Gasteiger partial charge on any atom is -0.491 e. The average Bonchev–Trinajstić information content (AvgIpc) is 2.53. The van der Waals surface area contributed by atoms with Crippen LogP contribution in [-0.2, 0) is 20.0 Å². The Morgan fingerprint density at radius 3 is 1.92 bits per heavy atom. The molecule has 0 spiro atoms. The second kappa shape index (κ2) is 7.55. The molecule has 0 saturated carbocycles. The number of hydrogen-bond acceptors (Lipinski definition) is 5. The molecule has 26 heavy (non-hydrogen) atoms. The van der Waals surface area contributed by atoms with E-state index in [2.05, 4.69) is 4.72 Å². The fraction of sp³-hybridized carbons (Fsp3) is 0.294. The predicted molar refractivity (Wildman–Crippen MR) is 103 cm³/mol. The summed E-state index contributed by atoms with van der Waals surface area (Å²) in [6.07, 6.45) is 1.05. The van der Waals surface area contributed by atoms with Gasteiger partial charge in [-0.25, -0.2) is 16.8 Å². The van der Waals surface area contributed by atoms with E-state index in [9.17, 15) is 16.8 Å². The maximum Gasteiger partial charge on any atom is 0.264 e. The maximum absolute atomic E-state index is 12.8. The van der Waals surface area contributed by atoms with Crippen molar-refractivity contribution in [2.24, 2.45) is 0 Å². The van der Waals surface area contributed by atoms with Crippen molar-refractivity contribution >= 4 is 31.4 Å². The van der Waals surface area contributed by atoms with Crippen LogP contribution in [0.25, 0.3) is 0 Å². The van der Waals surface area contributed by atoms with Crippen LogP contribution in [0.5, 0.6) is 5.75 Å². The Balaban J connectivity index is 2.23. The molecule has 0 aliphatic heterocycles. The molecule has 0 heterocycles. The highest BCUT2D eigenvalue weighted by molar-refractivity contribution is 7.92. The minimum atomic E-state index is -3.75. The van der Waals surface area contributed by atoms with Gasteiger partial charge in [0.15, 0.2) is 0 Å². The van der Waals surface area contributed by atoms with Crippen LogP contribution in [-0.4, -0.2) is 36.2 Å². The molecule has 0 aliphatic rings. The lowest BCUT2D eigenvalue weighted by Gasteiger charge is -2.20. The molecule has 0 radical (unpaired) electrons. The van der Waals surface area contributed by atoms with Crippen LogP contribution in [0.2, 0.25) is 0 Å². The largest absolute Gasteiger partial charge is 0.491 e. The van der Waals surface area contributed by atoms with Gasteiger partial charge in [-0.2, -0.15) is 0 Å². The van der Waals surface area contributed by atoms with Crippen molar-refractivity contribution in [1.82, 2.24) is 0 Å². The number of anilines is 2. The molecule has 2 aromatic carbocycles. The van der Waals surface area contributed by atoms with Crippen LogP contribution in [0.3, 0.4) is 0 Å². The van der Waals surface area contributed by atoms with Crippen LogP contribution in [0.4, 0.5) is 11.4 Å². The normalized spacial score (nSPS) is 12.0. The highest BCUT2D eigenvalue weighted by Crippen LogP contribution is 2.25. The summed E-state index contributed by atoms with van der Waals surface area (Å²) in [6.45, 7) is 3.78. The molecule has 2 aromatic rings. The lowest BCUT2D eigenvalue weighted by atomic mass is 10.3. The molecule has 0 aromatic heterocycles. The molecule has 0 aliphatic carbocycles. The summed E-state index contributed by atoms with van der Waals surface area (Å²) in [4.78, 5) is 0.134. The van der Waals surface area contributed by atoms with Crippen molar-refractivity contribution in [2.75, 3.05) is 22.3 Å². The number of ether oxygens (including phenoxy) is 1. The third-order valence-corrected chi connectivity index (χ3v) is 5.79. The number of hydrogen-bond donors (Lipinski definition) is 1. The van der Waals surface area contributed by atoms with Crippen LogP contribution in [0.15, 0.2) is 53.4 Å². The first-order valence-electron chi connectivity index (χ1n) is 7.82. The van der Waals surface area contributed by atoms with Crippen molar-refractivity contribution in [1.29, 1.82) is 0 Å². The second-order valence-electron chi connectivity index (χ2n) is 6.03. The zero-order valence-corrected chi connectivity index (χ0v) is 16.6. The smallest absolute Gasteiger partial charge is 0.264 e. The summed E-state index contributed by atoms with van der Waals surface area (Å²) < 4.78 is 56.9. The number of nitrogens with zero attached hydrogens (tertiary/aromatic N) is 1. The van der Waals surface area contributed by atoms with Gasteiger partial charge in [0.1, 0.15) is 5.75 Å². The van der Waals surface area contributed by atoms with E-state index in [-0.39, 0.29) is 11.0 Å². The van der Waals surface area contributed by atoms with Crippen molar-refractivity contribution in [2.45, 2.75) is 24.8 Å². The first kappa shape index (κ1) is 20.1. The average molecular weight is 399 g/mol. The monoisotopic (exact) mass is 398 g/mol. The Kier molecular flexibility index (Phi) is 5.82. The summed E-state index contributed by atoms with van der Waals surface area (Å²) >= 11 is 0. The van der Waals surface area contributed by atoms with Crippen molar-refractivity contribution in [3.63, 3.8) is 0 Å². The molecule has 2 rings (SSSR count). The van der Waals surface area contributed by atoms with E-state index in [4.69, 9.17) is 4.74 Å². The van der Waals surface area contributed by atoms with E-state index < -0.39 is 20.0 Å². The van der Waals surface area contributed by atoms with Crippen LogP contribution in [0, 0.1) is 0 Å². The lowest BCUT2D eigenvalue weighted by Crippen LogP contribution is -2.26. The van der Waals surface area contributed by atoms with E-state index in [0.717, 1.165) is 10.6 Å². The predicted octanol–water partition coefficient (Wildman–Crippen LogP) is 2.67. The van der Waals surface area contributed by atoms with Gasteiger partial charge in [0.2, 0.25) is 10.0 Å². The van der Waals surface area contributed by atoms with Crippen LogP contribution >= 0.6 is 0 Å². The molecule has 0 bridgehead atoms. The summed E-state index contributed by atoms with van der Waals surface area (Å²) in [7, 11) is -5.70. The molecule has 7 nitrogen and oxygen atoms in total. The second-order valence-corrected chi connectivity index (χ2v) is 9.75. The lowest BCUT2D eigenvalue weighted by molar-refractivity contribution is 0.242. The molecule has 9 heteroatoms. The Morgan fingerprint density at radius 2 is 1.46 bits per heavy atom. The van der Waals surface area contributed by atoms with Gasteiger partial charge in [-0.05, 0) is 62.4 Å². The van der Waals surface area contributed by atoms with Crippen molar-refractivity contribution in [3.8, 4) is 5.75 Å². The molecule has 0 amide bonds. The maximum atomic E-state index is 12.8. The zero-order chi connectivity index (χ0) is 19.5. The van der Waals surface area contributed by atoms with Crippen LogP contribution in [0.1, 0.15) is 13.8 Å². The van der Waals surface area contributed by atoms with Crippen molar-refractivity contribution < 1.29 is 21.6 Å². The van der Waals surface area contributed by atoms with E-state index in [1.807, 2.05) is 13.8 Å².